The van der Waals surface area contributed by atoms with Crippen LogP contribution >= 0.6 is 34.8 Å². The number of amides is 1. The molecule has 0 saturated carbocycles. The lowest BCUT2D eigenvalue weighted by molar-refractivity contribution is -0.131. The number of nitrogens with zero attached hydrogens (tertiary/aromatic N) is 3. The number of anilines is 1. The summed E-state index contributed by atoms with van der Waals surface area (Å²) in [6, 6.07) is 9.24. The van der Waals surface area contributed by atoms with Crippen LogP contribution in [0.1, 0.15) is 12.0 Å². The molecule has 1 fully saturated rings. The van der Waals surface area contributed by atoms with Crippen LogP contribution in [0.2, 0.25) is 15.1 Å². The highest BCUT2D eigenvalue weighted by Gasteiger charge is 2.21. The molecule has 1 amide bonds. The minimum absolute atomic E-state index is 0.139. The number of piperazine rings is 1. The zero-order valence-electron chi connectivity index (χ0n) is 13.6. The van der Waals surface area contributed by atoms with E-state index >= 15 is 0 Å². The maximum atomic E-state index is 12.5. The van der Waals surface area contributed by atoms with Gasteiger partial charge in [0.15, 0.2) is 0 Å². The van der Waals surface area contributed by atoms with Crippen molar-refractivity contribution in [3.63, 3.8) is 0 Å². The summed E-state index contributed by atoms with van der Waals surface area (Å²) in [4.78, 5) is 20.8. The fraction of sp³-hybridized carbons (Fsp3) is 0.333. The Morgan fingerprint density at radius 1 is 1.04 bits per heavy atom. The Bertz CT molecular complexity index is 744. The van der Waals surface area contributed by atoms with Gasteiger partial charge in [-0.05, 0) is 30.2 Å². The summed E-state index contributed by atoms with van der Waals surface area (Å²) >= 11 is 18.1. The molecule has 0 spiro atoms. The van der Waals surface area contributed by atoms with E-state index in [1.165, 1.54) is 0 Å². The lowest BCUT2D eigenvalue weighted by Crippen LogP contribution is -2.49. The van der Waals surface area contributed by atoms with Crippen molar-refractivity contribution in [1.29, 1.82) is 0 Å². The molecule has 1 aromatic carbocycles. The molecule has 4 nitrogen and oxygen atoms in total. The smallest absolute Gasteiger partial charge is 0.223 e. The molecule has 7 heteroatoms. The topological polar surface area (TPSA) is 36.4 Å². The molecule has 132 valence electrons. The van der Waals surface area contributed by atoms with Crippen molar-refractivity contribution in [1.82, 2.24) is 9.88 Å². The lowest BCUT2D eigenvalue weighted by atomic mass is 10.1. The maximum absolute atomic E-state index is 12.5. The molecule has 0 radical (unpaired) electrons. The Balaban J connectivity index is 1.51. The van der Waals surface area contributed by atoms with E-state index in [0.717, 1.165) is 24.5 Å². The fourth-order valence-electron chi connectivity index (χ4n) is 2.88. The number of benzene rings is 1. The number of aryl methyl sites for hydroxylation is 1. The second kappa shape index (κ2) is 8.26. The summed E-state index contributed by atoms with van der Waals surface area (Å²) in [5.74, 6) is 1.03. The highest BCUT2D eigenvalue weighted by Crippen LogP contribution is 2.26. The van der Waals surface area contributed by atoms with E-state index in [4.69, 9.17) is 34.8 Å². The second-order valence-corrected chi connectivity index (χ2v) is 7.14. The largest absolute Gasteiger partial charge is 0.353 e. The monoisotopic (exact) mass is 397 g/mol. The van der Waals surface area contributed by atoms with Crippen molar-refractivity contribution < 1.29 is 4.79 Å². The molecule has 1 aliphatic rings. The van der Waals surface area contributed by atoms with Gasteiger partial charge >= 0.3 is 0 Å². The zero-order valence-corrected chi connectivity index (χ0v) is 15.9. The van der Waals surface area contributed by atoms with Gasteiger partial charge in [0.2, 0.25) is 5.91 Å². The standard InChI is InChI=1S/C18H18Cl3N3O/c19-14-5-6-16(22-12-14)23-8-10-24(11-9-23)17(25)7-4-13-2-1-3-15(20)18(13)21/h1-3,5-6,12H,4,7-11H2. The van der Waals surface area contributed by atoms with Crippen LogP contribution in [0.5, 0.6) is 0 Å². The van der Waals surface area contributed by atoms with Crippen molar-refractivity contribution in [3.05, 3.63) is 57.2 Å². The van der Waals surface area contributed by atoms with Crippen LogP contribution in [-0.4, -0.2) is 42.0 Å². The quantitative estimate of drug-likeness (QED) is 0.769. The first kappa shape index (κ1) is 18.3. The Morgan fingerprint density at radius 2 is 1.80 bits per heavy atom. The first-order chi connectivity index (χ1) is 12.0. The van der Waals surface area contributed by atoms with E-state index in [9.17, 15) is 4.79 Å². The third-order valence-electron chi connectivity index (χ3n) is 4.31. The number of hydrogen-bond acceptors (Lipinski definition) is 3. The van der Waals surface area contributed by atoms with Crippen LogP contribution in [0.15, 0.2) is 36.5 Å². The van der Waals surface area contributed by atoms with Gasteiger partial charge in [0.25, 0.3) is 0 Å². The van der Waals surface area contributed by atoms with E-state index in [0.29, 0.717) is 41.0 Å². The fourth-order valence-corrected chi connectivity index (χ4v) is 3.41. The predicted octanol–water partition coefficient (Wildman–Crippen LogP) is 4.32. The van der Waals surface area contributed by atoms with E-state index in [1.54, 1.807) is 12.3 Å². The van der Waals surface area contributed by atoms with Gasteiger partial charge in [-0.25, -0.2) is 4.98 Å². The predicted molar refractivity (Wildman–Crippen MR) is 103 cm³/mol. The molecule has 0 bridgehead atoms. The summed E-state index contributed by atoms with van der Waals surface area (Å²) in [6.07, 6.45) is 2.67. The first-order valence-electron chi connectivity index (χ1n) is 8.12. The molecule has 1 saturated heterocycles. The summed E-state index contributed by atoms with van der Waals surface area (Å²) < 4.78 is 0. The summed E-state index contributed by atoms with van der Waals surface area (Å²) in [5.41, 5.74) is 0.909. The molecule has 1 aromatic heterocycles. The SMILES string of the molecule is O=C(CCc1cccc(Cl)c1Cl)N1CCN(c2ccc(Cl)cn2)CC1. The van der Waals surface area contributed by atoms with Crippen LogP contribution in [0, 0.1) is 0 Å². The van der Waals surface area contributed by atoms with Gasteiger partial charge in [-0.3, -0.25) is 4.79 Å². The van der Waals surface area contributed by atoms with E-state index in [1.807, 2.05) is 29.2 Å². The Labute approximate surface area is 162 Å². The number of halogens is 3. The number of hydrogen-bond donors (Lipinski definition) is 0. The van der Waals surface area contributed by atoms with Crippen LogP contribution < -0.4 is 4.90 Å². The molecule has 0 unspecified atom stereocenters. The van der Waals surface area contributed by atoms with Gasteiger partial charge < -0.3 is 9.80 Å². The number of rotatable bonds is 4. The Morgan fingerprint density at radius 3 is 2.48 bits per heavy atom. The van der Waals surface area contributed by atoms with Crippen molar-refractivity contribution >= 4 is 46.5 Å². The molecule has 2 heterocycles. The normalized spacial score (nSPS) is 14.7. The molecular formula is C18H18Cl3N3O. The van der Waals surface area contributed by atoms with Crippen LogP contribution in [0.4, 0.5) is 5.82 Å². The van der Waals surface area contributed by atoms with Gasteiger partial charge in [0.1, 0.15) is 5.82 Å². The van der Waals surface area contributed by atoms with Gasteiger partial charge in [-0.15, -0.1) is 0 Å². The first-order valence-corrected chi connectivity index (χ1v) is 9.25. The third-order valence-corrected chi connectivity index (χ3v) is 5.39. The Kier molecular flexibility index (Phi) is 6.05. The summed E-state index contributed by atoms with van der Waals surface area (Å²) in [5, 5.41) is 1.68. The number of pyridine rings is 1. The van der Waals surface area contributed by atoms with Crippen molar-refractivity contribution in [2.24, 2.45) is 0 Å². The molecule has 0 aliphatic carbocycles. The average molecular weight is 399 g/mol. The van der Waals surface area contributed by atoms with Crippen molar-refractivity contribution in [3.8, 4) is 0 Å². The summed E-state index contributed by atoms with van der Waals surface area (Å²) in [7, 11) is 0. The van der Waals surface area contributed by atoms with E-state index in [2.05, 4.69) is 9.88 Å². The molecule has 0 N–H and O–H groups in total. The molecule has 2 aromatic rings. The van der Waals surface area contributed by atoms with Gasteiger partial charge in [-0.2, -0.15) is 0 Å². The maximum Gasteiger partial charge on any atom is 0.223 e. The molecule has 3 rings (SSSR count). The minimum atomic E-state index is 0.139. The number of carbonyl (C=O) groups excluding carboxylic acids is 1. The van der Waals surface area contributed by atoms with E-state index in [-0.39, 0.29) is 5.91 Å². The zero-order chi connectivity index (χ0) is 17.8. The Hall–Kier alpha value is -1.49. The highest BCUT2D eigenvalue weighted by atomic mass is 35.5. The molecular weight excluding hydrogens is 381 g/mol. The van der Waals surface area contributed by atoms with Crippen LogP contribution in [-0.2, 0) is 11.2 Å². The van der Waals surface area contributed by atoms with Crippen LogP contribution in [0.3, 0.4) is 0 Å². The molecule has 1 aliphatic heterocycles. The van der Waals surface area contributed by atoms with Gasteiger partial charge in [0, 0.05) is 38.8 Å². The van der Waals surface area contributed by atoms with Gasteiger partial charge in [-0.1, -0.05) is 46.9 Å². The van der Waals surface area contributed by atoms with E-state index < -0.39 is 0 Å². The van der Waals surface area contributed by atoms with Gasteiger partial charge in [0.05, 0.1) is 15.1 Å². The molecule has 25 heavy (non-hydrogen) atoms. The lowest BCUT2D eigenvalue weighted by Gasteiger charge is -2.35. The highest BCUT2D eigenvalue weighted by molar-refractivity contribution is 6.42. The van der Waals surface area contributed by atoms with Crippen molar-refractivity contribution in [2.75, 3.05) is 31.1 Å². The summed E-state index contributed by atoms with van der Waals surface area (Å²) in [6.45, 7) is 2.90. The number of carbonyl (C=O) groups is 1. The number of aromatic nitrogens is 1. The third kappa shape index (κ3) is 4.57. The molecule has 0 atom stereocenters. The minimum Gasteiger partial charge on any atom is -0.353 e. The average Bonchev–Trinajstić information content (AvgIpc) is 2.63. The second-order valence-electron chi connectivity index (χ2n) is 5.92. The van der Waals surface area contributed by atoms with Crippen LogP contribution in [0.25, 0.3) is 0 Å². The van der Waals surface area contributed by atoms with Crippen molar-refractivity contribution in [2.45, 2.75) is 12.8 Å².